The Morgan fingerprint density at radius 2 is 1.78 bits per heavy atom. The summed E-state index contributed by atoms with van der Waals surface area (Å²) in [6, 6.07) is 19.5. The number of hydrogen-bond acceptors (Lipinski definition) is 3. The van der Waals surface area contributed by atoms with Gasteiger partial charge in [-0.25, -0.2) is 9.78 Å². The van der Waals surface area contributed by atoms with Gasteiger partial charge in [-0.1, -0.05) is 48.0 Å². The smallest absolute Gasteiger partial charge is 0.340 e. The Labute approximate surface area is 162 Å². The van der Waals surface area contributed by atoms with Gasteiger partial charge in [0.05, 0.1) is 17.7 Å². The Morgan fingerprint density at radius 1 is 1.04 bits per heavy atom. The first-order chi connectivity index (χ1) is 13.2. The maximum Gasteiger partial charge on any atom is 0.340 e. The lowest BCUT2D eigenvalue weighted by atomic mass is 10.0. The van der Waals surface area contributed by atoms with Gasteiger partial charge in [0.2, 0.25) is 0 Å². The first kappa shape index (κ1) is 17.3. The van der Waals surface area contributed by atoms with Gasteiger partial charge in [0, 0.05) is 34.6 Å². The maximum atomic E-state index is 12.6. The average molecular weight is 377 g/mol. The zero-order chi connectivity index (χ0) is 18.8. The van der Waals surface area contributed by atoms with Gasteiger partial charge in [-0.05, 0) is 31.2 Å². The number of rotatable bonds is 4. The molecule has 0 aliphatic rings. The van der Waals surface area contributed by atoms with Crippen LogP contribution in [0, 0.1) is 0 Å². The van der Waals surface area contributed by atoms with Crippen molar-refractivity contribution in [3.63, 3.8) is 0 Å². The van der Waals surface area contributed by atoms with Crippen LogP contribution in [0.25, 0.3) is 27.7 Å². The Kier molecular flexibility index (Phi) is 4.65. The van der Waals surface area contributed by atoms with Crippen LogP contribution in [0.2, 0.25) is 5.15 Å². The molecule has 0 N–H and O–H groups in total. The van der Waals surface area contributed by atoms with E-state index < -0.39 is 0 Å². The summed E-state index contributed by atoms with van der Waals surface area (Å²) in [5.41, 5.74) is 3.61. The minimum atomic E-state index is -0.383. The summed E-state index contributed by atoms with van der Waals surface area (Å²) in [4.78, 5) is 17.0. The number of nitrogens with zero attached hydrogens (tertiary/aromatic N) is 2. The lowest BCUT2D eigenvalue weighted by molar-refractivity contribution is 0.0527. The molecule has 134 valence electrons. The van der Waals surface area contributed by atoms with E-state index in [-0.39, 0.29) is 5.97 Å². The van der Waals surface area contributed by atoms with Crippen LogP contribution in [0.4, 0.5) is 0 Å². The Morgan fingerprint density at radius 3 is 2.56 bits per heavy atom. The van der Waals surface area contributed by atoms with Crippen LogP contribution in [0.15, 0.2) is 73.1 Å². The Hall–Kier alpha value is -3.11. The van der Waals surface area contributed by atoms with E-state index in [4.69, 9.17) is 16.3 Å². The normalized spacial score (nSPS) is 10.9. The van der Waals surface area contributed by atoms with Crippen molar-refractivity contribution >= 4 is 28.5 Å². The minimum Gasteiger partial charge on any atom is -0.462 e. The molecule has 5 heteroatoms. The van der Waals surface area contributed by atoms with Crippen molar-refractivity contribution in [3.05, 3.63) is 83.8 Å². The number of carbonyl (C=O) groups is 1. The van der Waals surface area contributed by atoms with Crippen LogP contribution in [-0.2, 0) is 4.74 Å². The van der Waals surface area contributed by atoms with E-state index in [9.17, 15) is 4.79 Å². The standard InChI is InChI=1S/C22H17ClN2O2/c1-2-27-22(26)19-14-25(16-9-4-3-5-10-16)13-18(19)17-12-15-8-6-7-11-20(15)24-21(17)23/h3-14H,2H2,1H3. The average Bonchev–Trinajstić information content (AvgIpc) is 3.13. The quantitative estimate of drug-likeness (QED) is 0.348. The third-order valence-corrected chi connectivity index (χ3v) is 4.63. The van der Waals surface area contributed by atoms with E-state index in [1.165, 1.54) is 0 Å². The van der Waals surface area contributed by atoms with Gasteiger partial charge in [-0.2, -0.15) is 0 Å². The van der Waals surface area contributed by atoms with E-state index >= 15 is 0 Å². The molecule has 2 heterocycles. The van der Waals surface area contributed by atoms with Crippen molar-refractivity contribution in [2.45, 2.75) is 6.92 Å². The van der Waals surface area contributed by atoms with Gasteiger partial charge in [0.25, 0.3) is 0 Å². The van der Waals surface area contributed by atoms with Crippen LogP contribution >= 0.6 is 11.6 Å². The molecular formula is C22H17ClN2O2. The zero-order valence-corrected chi connectivity index (χ0v) is 15.5. The number of carbonyl (C=O) groups excluding carboxylic acids is 1. The van der Waals surface area contributed by atoms with Crippen LogP contribution < -0.4 is 0 Å². The minimum absolute atomic E-state index is 0.304. The van der Waals surface area contributed by atoms with Crippen LogP contribution in [0.3, 0.4) is 0 Å². The highest BCUT2D eigenvalue weighted by Gasteiger charge is 2.20. The highest BCUT2D eigenvalue weighted by molar-refractivity contribution is 6.33. The molecule has 0 saturated carbocycles. The lowest BCUT2D eigenvalue weighted by Crippen LogP contribution is -2.05. The fourth-order valence-corrected chi connectivity index (χ4v) is 3.32. The highest BCUT2D eigenvalue weighted by Crippen LogP contribution is 2.34. The number of pyridine rings is 1. The molecule has 0 spiro atoms. The molecule has 27 heavy (non-hydrogen) atoms. The molecule has 0 aliphatic heterocycles. The first-order valence-corrected chi connectivity index (χ1v) is 9.05. The molecule has 4 nitrogen and oxygen atoms in total. The second-order valence-electron chi connectivity index (χ2n) is 6.07. The summed E-state index contributed by atoms with van der Waals surface area (Å²) in [5.74, 6) is -0.383. The number of ether oxygens (including phenoxy) is 1. The van der Waals surface area contributed by atoms with E-state index in [0.717, 1.165) is 16.6 Å². The van der Waals surface area contributed by atoms with Crippen molar-refractivity contribution in [1.82, 2.24) is 9.55 Å². The van der Waals surface area contributed by atoms with E-state index in [1.807, 2.05) is 71.4 Å². The number of para-hydroxylation sites is 2. The van der Waals surface area contributed by atoms with Gasteiger partial charge in [0.15, 0.2) is 0 Å². The molecule has 0 amide bonds. The zero-order valence-electron chi connectivity index (χ0n) is 14.7. The number of benzene rings is 2. The van der Waals surface area contributed by atoms with Gasteiger partial charge in [-0.15, -0.1) is 0 Å². The van der Waals surface area contributed by atoms with Crippen LogP contribution in [-0.4, -0.2) is 22.1 Å². The van der Waals surface area contributed by atoms with Crippen LogP contribution in [0.5, 0.6) is 0 Å². The van der Waals surface area contributed by atoms with Gasteiger partial charge in [-0.3, -0.25) is 0 Å². The monoisotopic (exact) mass is 376 g/mol. The Bertz CT molecular complexity index is 1120. The molecule has 2 aromatic heterocycles. The summed E-state index contributed by atoms with van der Waals surface area (Å²) in [6.07, 6.45) is 3.66. The number of hydrogen-bond donors (Lipinski definition) is 0. The number of fused-ring (bicyclic) bond motifs is 1. The van der Waals surface area contributed by atoms with Gasteiger partial charge in [0.1, 0.15) is 5.15 Å². The van der Waals surface area contributed by atoms with Crippen molar-refractivity contribution in [1.29, 1.82) is 0 Å². The van der Waals surface area contributed by atoms with Crippen molar-refractivity contribution in [2.75, 3.05) is 6.61 Å². The molecule has 0 radical (unpaired) electrons. The number of aromatic nitrogens is 2. The van der Waals surface area contributed by atoms with E-state index in [2.05, 4.69) is 4.98 Å². The molecular weight excluding hydrogens is 360 g/mol. The third-order valence-electron chi connectivity index (χ3n) is 4.34. The van der Waals surface area contributed by atoms with E-state index in [0.29, 0.717) is 28.5 Å². The second kappa shape index (κ2) is 7.25. The maximum absolute atomic E-state index is 12.6. The van der Waals surface area contributed by atoms with E-state index in [1.54, 1.807) is 13.1 Å². The first-order valence-electron chi connectivity index (χ1n) is 8.67. The summed E-state index contributed by atoms with van der Waals surface area (Å²) < 4.78 is 7.15. The summed E-state index contributed by atoms with van der Waals surface area (Å²) >= 11 is 6.47. The molecule has 0 atom stereocenters. The SMILES string of the molecule is CCOC(=O)c1cn(-c2ccccc2)cc1-c1cc2ccccc2nc1Cl. The molecule has 0 aliphatic carbocycles. The molecule has 0 unspecified atom stereocenters. The van der Waals surface area contributed by atoms with Crippen molar-refractivity contribution < 1.29 is 9.53 Å². The van der Waals surface area contributed by atoms with Gasteiger partial charge < -0.3 is 9.30 Å². The van der Waals surface area contributed by atoms with Crippen molar-refractivity contribution in [3.8, 4) is 16.8 Å². The molecule has 2 aromatic carbocycles. The predicted molar refractivity (Wildman–Crippen MR) is 107 cm³/mol. The molecule has 0 fully saturated rings. The summed E-state index contributed by atoms with van der Waals surface area (Å²) in [5, 5.41) is 1.31. The second-order valence-corrected chi connectivity index (χ2v) is 6.43. The lowest BCUT2D eigenvalue weighted by Gasteiger charge is -2.07. The van der Waals surface area contributed by atoms with Crippen LogP contribution in [0.1, 0.15) is 17.3 Å². The largest absolute Gasteiger partial charge is 0.462 e. The topological polar surface area (TPSA) is 44.1 Å². The summed E-state index contributed by atoms with van der Waals surface area (Å²) in [6.45, 7) is 2.09. The Balaban J connectivity index is 1.92. The third kappa shape index (κ3) is 3.32. The summed E-state index contributed by atoms with van der Waals surface area (Å²) in [7, 11) is 0. The molecule has 0 saturated heterocycles. The fourth-order valence-electron chi connectivity index (χ4n) is 3.07. The highest BCUT2D eigenvalue weighted by atomic mass is 35.5. The number of esters is 1. The predicted octanol–water partition coefficient (Wildman–Crippen LogP) is 5.52. The van der Waals surface area contributed by atoms with Crippen molar-refractivity contribution in [2.24, 2.45) is 0 Å². The molecule has 0 bridgehead atoms. The molecule has 4 aromatic rings. The van der Waals surface area contributed by atoms with Gasteiger partial charge >= 0.3 is 5.97 Å². The number of halogens is 1. The molecule has 4 rings (SSSR count). The fraction of sp³-hybridized carbons (Fsp3) is 0.0909.